The fourth-order valence-corrected chi connectivity index (χ4v) is 4.11. The van der Waals surface area contributed by atoms with Crippen molar-refractivity contribution >= 4 is 43.2 Å². The Bertz CT molecular complexity index is 767. The lowest BCUT2D eigenvalue weighted by molar-refractivity contribution is 0.593. The molecule has 0 aliphatic heterocycles. The molecule has 0 amide bonds. The maximum absolute atomic E-state index is 13.3. The summed E-state index contributed by atoms with van der Waals surface area (Å²) in [6.07, 6.45) is 0. The Morgan fingerprint density at radius 3 is 2.57 bits per heavy atom. The average molecular weight is 393 g/mol. The number of hydrogen-bond donors (Lipinski definition) is 0. The van der Waals surface area contributed by atoms with E-state index in [2.05, 4.69) is 15.9 Å². The van der Waals surface area contributed by atoms with Gasteiger partial charge in [-0.2, -0.15) is 0 Å². The van der Waals surface area contributed by atoms with Crippen LogP contribution in [-0.2, 0) is 15.9 Å². The van der Waals surface area contributed by atoms with Crippen molar-refractivity contribution in [2.24, 2.45) is 0 Å². The minimum atomic E-state index is -3.81. The van der Waals surface area contributed by atoms with E-state index in [-0.39, 0.29) is 16.5 Å². The quantitative estimate of drug-likeness (QED) is 0.733. The number of anilines is 1. The Kier molecular flexibility index (Phi) is 4.91. The number of sulfonamides is 1. The normalized spacial score (nSPS) is 11.4. The van der Waals surface area contributed by atoms with Gasteiger partial charge in [0.25, 0.3) is 10.0 Å². The highest BCUT2D eigenvalue weighted by Crippen LogP contribution is 2.29. The van der Waals surface area contributed by atoms with Crippen LogP contribution in [0.3, 0.4) is 0 Å². The van der Waals surface area contributed by atoms with Crippen molar-refractivity contribution in [1.82, 2.24) is 0 Å². The van der Waals surface area contributed by atoms with Gasteiger partial charge in [-0.05, 0) is 51.8 Å². The third-order valence-corrected chi connectivity index (χ3v) is 6.05. The van der Waals surface area contributed by atoms with Crippen molar-refractivity contribution in [2.45, 2.75) is 10.8 Å². The van der Waals surface area contributed by atoms with Gasteiger partial charge in [-0.1, -0.05) is 12.1 Å². The predicted molar refractivity (Wildman–Crippen MR) is 85.7 cm³/mol. The summed E-state index contributed by atoms with van der Waals surface area (Å²) in [5, 5.41) is 0. The van der Waals surface area contributed by atoms with Crippen LogP contribution in [0.25, 0.3) is 0 Å². The summed E-state index contributed by atoms with van der Waals surface area (Å²) < 4.78 is 40.1. The Morgan fingerprint density at radius 2 is 1.95 bits per heavy atom. The van der Waals surface area contributed by atoms with Crippen LogP contribution in [0, 0.1) is 5.82 Å². The first-order chi connectivity index (χ1) is 9.86. The number of rotatable bonds is 4. The topological polar surface area (TPSA) is 37.4 Å². The van der Waals surface area contributed by atoms with Gasteiger partial charge in [0, 0.05) is 17.4 Å². The van der Waals surface area contributed by atoms with Crippen LogP contribution >= 0.6 is 27.5 Å². The molecular formula is C14H12BrClFNO2S. The molecule has 0 unspecified atom stereocenters. The van der Waals surface area contributed by atoms with Gasteiger partial charge in [-0.25, -0.2) is 12.8 Å². The maximum atomic E-state index is 13.3. The van der Waals surface area contributed by atoms with Crippen LogP contribution in [0.4, 0.5) is 10.1 Å². The molecule has 0 atom stereocenters. The zero-order chi connectivity index (χ0) is 15.6. The van der Waals surface area contributed by atoms with Gasteiger partial charge in [0.2, 0.25) is 0 Å². The Morgan fingerprint density at radius 1 is 1.24 bits per heavy atom. The van der Waals surface area contributed by atoms with Crippen LogP contribution < -0.4 is 4.31 Å². The van der Waals surface area contributed by atoms with Gasteiger partial charge in [0.1, 0.15) is 10.7 Å². The molecule has 0 heterocycles. The lowest BCUT2D eigenvalue weighted by Crippen LogP contribution is -2.27. The van der Waals surface area contributed by atoms with Crippen molar-refractivity contribution in [2.75, 3.05) is 11.4 Å². The van der Waals surface area contributed by atoms with Crippen LogP contribution in [-0.4, -0.2) is 15.5 Å². The van der Waals surface area contributed by atoms with Crippen LogP contribution in [0.2, 0.25) is 0 Å². The molecule has 0 bridgehead atoms. The van der Waals surface area contributed by atoms with Crippen LogP contribution in [0.1, 0.15) is 5.56 Å². The first-order valence-corrected chi connectivity index (χ1v) is 8.72. The fraction of sp³-hybridized carbons (Fsp3) is 0.143. The molecule has 0 N–H and O–H groups in total. The molecule has 0 spiro atoms. The Hall–Kier alpha value is -1.11. The predicted octanol–water partition coefficient (Wildman–Crippen LogP) is 4.15. The largest absolute Gasteiger partial charge is 0.269 e. The van der Waals surface area contributed by atoms with Gasteiger partial charge >= 0.3 is 0 Å². The zero-order valence-corrected chi connectivity index (χ0v) is 14.2. The molecule has 0 aliphatic rings. The Labute approximate surface area is 136 Å². The molecule has 0 saturated heterocycles. The standard InChI is InChI=1S/C14H12BrClFNO2S/c1-18(12-4-2-3-11(17)8-12)21(19,20)14-7-10(9-16)5-6-13(14)15/h2-8H,9H2,1H3. The van der Waals surface area contributed by atoms with Crippen molar-refractivity contribution in [1.29, 1.82) is 0 Å². The van der Waals surface area contributed by atoms with E-state index in [1.807, 2.05) is 0 Å². The summed E-state index contributed by atoms with van der Waals surface area (Å²) in [7, 11) is -2.43. The third kappa shape index (κ3) is 3.39. The van der Waals surface area contributed by atoms with Gasteiger partial charge in [0.15, 0.2) is 0 Å². The summed E-state index contributed by atoms with van der Waals surface area (Å²) in [5.74, 6) is -0.289. The highest BCUT2D eigenvalue weighted by molar-refractivity contribution is 9.10. The zero-order valence-electron chi connectivity index (χ0n) is 11.1. The molecule has 0 fully saturated rings. The lowest BCUT2D eigenvalue weighted by atomic mass is 10.2. The second-order valence-corrected chi connectivity index (χ2v) is 7.41. The summed E-state index contributed by atoms with van der Waals surface area (Å²) in [6, 6.07) is 10.3. The van der Waals surface area contributed by atoms with Gasteiger partial charge in [-0.3, -0.25) is 4.31 Å². The monoisotopic (exact) mass is 391 g/mol. The smallest absolute Gasteiger partial charge is 0.265 e. The van der Waals surface area contributed by atoms with E-state index in [0.717, 1.165) is 10.4 Å². The first-order valence-electron chi connectivity index (χ1n) is 5.95. The molecule has 112 valence electrons. The van der Waals surface area contributed by atoms with E-state index in [1.165, 1.54) is 31.3 Å². The van der Waals surface area contributed by atoms with Crippen molar-refractivity contribution in [3.05, 3.63) is 58.3 Å². The van der Waals surface area contributed by atoms with E-state index in [9.17, 15) is 12.8 Å². The molecule has 0 radical (unpaired) electrons. The number of alkyl halides is 1. The molecule has 2 aromatic rings. The number of hydrogen-bond acceptors (Lipinski definition) is 2. The summed E-state index contributed by atoms with van der Waals surface area (Å²) in [5.41, 5.74) is 0.935. The third-order valence-electron chi connectivity index (χ3n) is 2.96. The average Bonchev–Trinajstić information content (AvgIpc) is 2.46. The number of halogens is 3. The van der Waals surface area contributed by atoms with E-state index >= 15 is 0 Å². The summed E-state index contributed by atoms with van der Waals surface area (Å²) in [6.45, 7) is 0. The molecule has 0 aliphatic carbocycles. The highest BCUT2D eigenvalue weighted by Gasteiger charge is 2.24. The highest BCUT2D eigenvalue weighted by atomic mass is 79.9. The maximum Gasteiger partial charge on any atom is 0.265 e. The molecule has 0 saturated carbocycles. The second kappa shape index (κ2) is 6.34. The molecule has 2 aromatic carbocycles. The fourth-order valence-electron chi connectivity index (χ4n) is 1.79. The van der Waals surface area contributed by atoms with Crippen molar-refractivity contribution < 1.29 is 12.8 Å². The molecule has 0 aromatic heterocycles. The van der Waals surface area contributed by atoms with Crippen LogP contribution in [0.15, 0.2) is 51.8 Å². The minimum Gasteiger partial charge on any atom is -0.269 e. The van der Waals surface area contributed by atoms with Crippen LogP contribution in [0.5, 0.6) is 0 Å². The molecule has 7 heteroatoms. The molecule has 21 heavy (non-hydrogen) atoms. The first kappa shape index (κ1) is 16.3. The van der Waals surface area contributed by atoms with Crippen molar-refractivity contribution in [3.8, 4) is 0 Å². The van der Waals surface area contributed by atoms with E-state index < -0.39 is 15.8 Å². The molecule has 3 nitrogen and oxygen atoms in total. The summed E-state index contributed by atoms with van der Waals surface area (Å²) >= 11 is 8.97. The van der Waals surface area contributed by atoms with Gasteiger partial charge < -0.3 is 0 Å². The number of benzene rings is 2. The van der Waals surface area contributed by atoms with E-state index in [1.54, 1.807) is 12.1 Å². The van der Waals surface area contributed by atoms with Crippen molar-refractivity contribution in [3.63, 3.8) is 0 Å². The lowest BCUT2D eigenvalue weighted by Gasteiger charge is -2.20. The minimum absolute atomic E-state index is 0.0902. The molecule has 2 rings (SSSR count). The van der Waals surface area contributed by atoms with Gasteiger partial charge in [-0.15, -0.1) is 11.6 Å². The van der Waals surface area contributed by atoms with E-state index in [4.69, 9.17) is 11.6 Å². The Balaban J connectivity index is 2.51. The second-order valence-electron chi connectivity index (χ2n) is 4.35. The SMILES string of the molecule is CN(c1cccc(F)c1)S(=O)(=O)c1cc(CCl)ccc1Br. The number of nitrogens with zero attached hydrogens (tertiary/aromatic N) is 1. The summed E-state index contributed by atoms with van der Waals surface area (Å²) in [4.78, 5) is 0.0902. The molecular weight excluding hydrogens is 381 g/mol. The van der Waals surface area contributed by atoms with E-state index in [0.29, 0.717) is 10.0 Å². The van der Waals surface area contributed by atoms with Gasteiger partial charge in [0.05, 0.1) is 5.69 Å².